The summed E-state index contributed by atoms with van der Waals surface area (Å²) in [4.78, 5) is 13.3. The summed E-state index contributed by atoms with van der Waals surface area (Å²) in [5.74, 6) is -1.99. The number of halogens is 2. The smallest absolute Gasteiger partial charge is 0.291 e. The Morgan fingerprint density at radius 1 is 1.64 bits per heavy atom. The molecule has 0 aromatic carbocycles. The SMILES string of the molecule is Cc1nn2c(O)c(F)c(=O)[nH]c2c1I. The van der Waals surface area contributed by atoms with Crippen molar-refractivity contribution in [2.75, 3.05) is 0 Å². The average molecular weight is 309 g/mol. The Morgan fingerprint density at radius 2 is 2.29 bits per heavy atom. The molecule has 0 saturated heterocycles. The number of aryl methyl sites for hydroxylation is 1. The molecule has 2 aromatic heterocycles. The number of hydrogen-bond acceptors (Lipinski definition) is 3. The van der Waals surface area contributed by atoms with E-state index in [1.807, 2.05) is 22.6 Å². The highest BCUT2D eigenvalue weighted by Crippen LogP contribution is 2.19. The van der Waals surface area contributed by atoms with Crippen LogP contribution in [0.4, 0.5) is 4.39 Å². The van der Waals surface area contributed by atoms with Crippen LogP contribution in [0.3, 0.4) is 0 Å². The molecule has 0 saturated carbocycles. The zero-order valence-corrected chi connectivity index (χ0v) is 9.16. The van der Waals surface area contributed by atoms with Gasteiger partial charge in [0.1, 0.15) is 0 Å². The van der Waals surface area contributed by atoms with Crippen LogP contribution >= 0.6 is 22.6 Å². The lowest BCUT2D eigenvalue weighted by Crippen LogP contribution is -2.13. The quantitative estimate of drug-likeness (QED) is 0.707. The lowest BCUT2D eigenvalue weighted by Gasteiger charge is -1.97. The molecule has 74 valence electrons. The van der Waals surface area contributed by atoms with E-state index in [-0.39, 0.29) is 0 Å². The van der Waals surface area contributed by atoms with E-state index in [9.17, 15) is 14.3 Å². The molecule has 7 heteroatoms. The van der Waals surface area contributed by atoms with Gasteiger partial charge in [0.15, 0.2) is 5.65 Å². The van der Waals surface area contributed by atoms with Crippen molar-refractivity contribution in [1.29, 1.82) is 0 Å². The van der Waals surface area contributed by atoms with Crippen molar-refractivity contribution in [3.8, 4) is 5.88 Å². The molecule has 0 aliphatic rings. The van der Waals surface area contributed by atoms with Crippen LogP contribution in [-0.4, -0.2) is 19.7 Å². The summed E-state index contributed by atoms with van der Waals surface area (Å²) in [6.45, 7) is 1.70. The van der Waals surface area contributed by atoms with Crippen LogP contribution in [0.25, 0.3) is 5.65 Å². The molecule has 0 spiro atoms. The first-order chi connectivity index (χ1) is 6.52. The number of aromatic hydroxyl groups is 1. The number of aromatic amines is 1. The van der Waals surface area contributed by atoms with Gasteiger partial charge in [0.25, 0.3) is 11.4 Å². The number of hydrogen-bond donors (Lipinski definition) is 2. The molecular formula is C7H5FIN3O2. The van der Waals surface area contributed by atoms with E-state index in [1.165, 1.54) is 0 Å². The predicted octanol–water partition coefficient (Wildman–Crippen LogP) is 0.780. The molecule has 0 amide bonds. The zero-order valence-electron chi connectivity index (χ0n) is 7.01. The molecule has 2 rings (SSSR count). The fourth-order valence-electron chi connectivity index (χ4n) is 1.13. The van der Waals surface area contributed by atoms with Crippen molar-refractivity contribution in [1.82, 2.24) is 14.6 Å². The third-order valence-corrected chi connectivity index (χ3v) is 3.11. The number of fused-ring (bicyclic) bond motifs is 1. The maximum atomic E-state index is 12.9. The predicted molar refractivity (Wildman–Crippen MR) is 54.9 cm³/mol. The van der Waals surface area contributed by atoms with E-state index in [2.05, 4.69) is 10.1 Å². The summed E-state index contributed by atoms with van der Waals surface area (Å²) in [6, 6.07) is 0. The Hall–Kier alpha value is -1.12. The van der Waals surface area contributed by atoms with Gasteiger partial charge in [-0.05, 0) is 29.5 Å². The molecule has 0 bridgehead atoms. The van der Waals surface area contributed by atoms with Gasteiger partial charge in [-0.1, -0.05) is 0 Å². The van der Waals surface area contributed by atoms with Crippen molar-refractivity contribution in [3.05, 3.63) is 25.4 Å². The second kappa shape index (κ2) is 2.94. The Labute approximate surface area is 90.7 Å². The van der Waals surface area contributed by atoms with E-state index in [4.69, 9.17) is 0 Å². The van der Waals surface area contributed by atoms with Crippen LogP contribution in [-0.2, 0) is 0 Å². The minimum atomic E-state index is -1.23. The van der Waals surface area contributed by atoms with E-state index >= 15 is 0 Å². The molecule has 0 radical (unpaired) electrons. The van der Waals surface area contributed by atoms with Crippen molar-refractivity contribution >= 4 is 28.2 Å². The number of H-pyrrole nitrogens is 1. The standard InChI is InChI=1S/C7H5FIN3O2/c1-2-4(9)5-10-6(13)3(8)7(14)12(5)11-2/h14H,1H3,(H,10,13). The van der Waals surface area contributed by atoms with Crippen LogP contribution in [0.2, 0.25) is 0 Å². The zero-order chi connectivity index (χ0) is 10.5. The Bertz CT molecular complexity index is 574. The minimum Gasteiger partial charge on any atom is -0.491 e. The van der Waals surface area contributed by atoms with E-state index < -0.39 is 17.3 Å². The summed E-state index contributed by atoms with van der Waals surface area (Å²) < 4.78 is 14.6. The lowest BCUT2D eigenvalue weighted by molar-refractivity contribution is 0.390. The van der Waals surface area contributed by atoms with Gasteiger partial charge in [-0.2, -0.15) is 14.0 Å². The van der Waals surface area contributed by atoms with Gasteiger partial charge in [-0.25, -0.2) is 0 Å². The summed E-state index contributed by atoms with van der Waals surface area (Å²) >= 11 is 1.96. The molecule has 2 aromatic rings. The Kier molecular flexibility index (Phi) is 1.98. The van der Waals surface area contributed by atoms with Gasteiger partial charge in [0, 0.05) is 0 Å². The fourth-order valence-corrected chi connectivity index (χ4v) is 1.60. The molecule has 0 unspecified atom stereocenters. The monoisotopic (exact) mass is 309 g/mol. The molecule has 0 fully saturated rings. The van der Waals surface area contributed by atoms with Gasteiger partial charge >= 0.3 is 0 Å². The highest BCUT2D eigenvalue weighted by Gasteiger charge is 2.15. The number of nitrogens with zero attached hydrogens (tertiary/aromatic N) is 2. The number of rotatable bonds is 0. The second-order valence-corrected chi connectivity index (χ2v) is 3.83. The fraction of sp³-hybridized carbons (Fsp3) is 0.143. The van der Waals surface area contributed by atoms with Crippen LogP contribution in [0.15, 0.2) is 4.79 Å². The molecule has 2 heterocycles. The van der Waals surface area contributed by atoms with Gasteiger partial charge in [0.2, 0.25) is 5.82 Å². The molecule has 14 heavy (non-hydrogen) atoms. The molecule has 2 N–H and O–H groups in total. The third-order valence-electron chi connectivity index (χ3n) is 1.82. The number of aromatic nitrogens is 3. The first kappa shape index (κ1) is 9.44. The highest BCUT2D eigenvalue weighted by atomic mass is 127. The van der Waals surface area contributed by atoms with Crippen molar-refractivity contribution in [2.45, 2.75) is 6.92 Å². The molecular weight excluding hydrogens is 304 g/mol. The maximum Gasteiger partial charge on any atom is 0.291 e. The molecule has 0 aliphatic carbocycles. The van der Waals surface area contributed by atoms with Crippen molar-refractivity contribution < 1.29 is 9.50 Å². The molecule has 0 atom stereocenters. The maximum absolute atomic E-state index is 12.9. The average Bonchev–Trinajstić information content (AvgIpc) is 2.42. The highest BCUT2D eigenvalue weighted by molar-refractivity contribution is 14.1. The van der Waals surface area contributed by atoms with Gasteiger partial charge < -0.3 is 10.1 Å². The van der Waals surface area contributed by atoms with E-state index in [1.54, 1.807) is 6.92 Å². The summed E-state index contributed by atoms with van der Waals surface area (Å²) in [5.41, 5.74) is -0.0398. The largest absolute Gasteiger partial charge is 0.491 e. The third kappa shape index (κ3) is 1.11. The lowest BCUT2D eigenvalue weighted by atomic mass is 10.5. The summed E-state index contributed by atoms with van der Waals surface area (Å²) in [5, 5.41) is 13.1. The Balaban J connectivity index is 3.05. The number of nitrogens with one attached hydrogen (secondary N) is 1. The van der Waals surface area contributed by atoms with Gasteiger partial charge in [-0.3, -0.25) is 4.79 Å². The molecule has 5 nitrogen and oxygen atoms in total. The van der Waals surface area contributed by atoms with Crippen molar-refractivity contribution in [2.24, 2.45) is 0 Å². The minimum absolute atomic E-state index is 0.298. The summed E-state index contributed by atoms with van der Waals surface area (Å²) in [6.07, 6.45) is 0. The van der Waals surface area contributed by atoms with Crippen LogP contribution < -0.4 is 5.56 Å². The van der Waals surface area contributed by atoms with Crippen molar-refractivity contribution in [3.63, 3.8) is 0 Å². The van der Waals surface area contributed by atoms with E-state index in [0.717, 1.165) is 4.52 Å². The first-order valence-corrected chi connectivity index (χ1v) is 4.76. The van der Waals surface area contributed by atoms with E-state index in [0.29, 0.717) is 14.9 Å². The molecule has 0 aliphatic heterocycles. The second-order valence-electron chi connectivity index (χ2n) is 2.75. The topological polar surface area (TPSA) is 70.4 Å². The van der Waals surface area contributed by atoms with Crippen LogP contribution in [0.5, 0.6) is 5.88 Å². The van der Waals surface area contributed by atoms with Gasteiger partial charge in [0.05, 0.1) is 9.26 Å². The summed E-state index contributed by atoms with van der Waals surface area (Å²) in [7, 11) is 0. The van der Waals surface area contributed by atoms with Crippen LogP contribution in [0, 0.1) is 16.3 Å². The Morgan fingerprint density at radius 3 is 2.93 bits per heavy atom. The first-order valence-electron chi connectivity index (χ1n) is 3.68. The van der Waals surface area contributed by atoms with Crippen LogP contribution in [0.1, 0.15) is 5.69 Å². The van der Waals surface area contributed by atoms with Gasteiger partial charge in [-0.15, -0.1) is 0 Å². The normalized spacial score (nSPS) is 11.1.